The number of hydrogen-bond donors (Lipinski definition) is 2. The third-order valence-corrected chi connectivity index (χ3v) is 19.1. The molecule has 0 aliphatic carbocycles. The number of fused-ring (bicyclic) bond motifs is 4. The Kier molecular flexibility index (Phi) is 20.6. The number of allylic oxidation sites excluding steroid dienone is 10. The van der Waals surface area contributed by atoms with Crippen molar-refractivity contribution in [3.63, 3.8) is 0 Å². The van der Waals surface area contributed by atoms with Crippen LogP contribution in [-0.2, 0) is 50.4 Å². The van der Waals surface area contributed by atoms with Gasteiger partial charge in [-0.25, -0.2) is 0 Å². The van der Waals surface area contributed by atoms with Crippen molar-refractivity contribution >= 4 is 69.6 Å². The smallest absolute Gasteiger partial charge is 0.253 e. The van der Waals surface area contributed by atoms with Crippen molar-refractivity contribution in [3.8, 4) is 0 Å². The lowest BCUT2D eigenvalue weighted by atomic mass is 9.81. The molecule has 14 heteroatoms. The van der Waals surface area contributed by atoms with E-state index in [4.69, 9.17) is 0 Å². The predicted octanol–water partition coefficient (Wildman–Crippen LogP) is 12.6. The number of unbranched alkanes of at least 4 members (excludes halogenated alkanes) is 4. The molecule has 6 amide bonds. The molecule has 4 aromatic rings. The van der Waals surface area contributed by atoms with Gasteiger partial charge in [-0.1, -0.05) is 124 Å². The first-order valence-electron chi connectivity index (χ1n) is 32.7. The van der Waals surface area contributed by atoms with Crippen LogP contribution < -0.4 is 20.4 Å². The van der Waals surface area contributed by atoms with E-state index in [2.05, 4.69) is 246 Å². The zero-order chi connectivity index (χ0) is 65.4. The molecule has 0 bridgehead atoms. The maximum atomic E-state index is 12.4. The first-order chi connectivity index (χ1) is 43.4. The number of hydrogen-bond acceptors (Lipinski definition) is 8. The van der Waals surface area contributed by atoms with Gasteiger partial charge < -0.3 is 20.4 Å². The van der Waals surface area contributed by atoms with Crippen molar-refractivity contribution in [2.45, 2.75) is 149 Å². The maximum Gasteiger partial charge on any atom is 0.253 e. The van der Waals surface area contributed by atoms with Crippen LogP contribution in [0.5, 0.6) is 0 Å². The van der Waals surface area contributed by atoms with Crippen LogP contribution in [0.2, 0.25) is 0 Å². The lowest BCUT2D eigenvalue weighted by Crippen LogP contribution is -2.38. The molecule has 10 rings (SSSR count). The number of aryl methyl sites for hydroxylation is 2. The second kappa shape index (κ2) is 28.2. The van der Waals surface area contributed by atoms with E-state index >= 15 is 0 Å². The van der Waals surface area contributed by atoms with Gasteiger partial charge in [0.25, 0.3) is 23.6 Å². The molecule has 4 aromatic carbocycles. The summed E-state index contributed by atoms with van der Waals surface area (Å²) in [5.74, 6) is -1.40. The minimum absolute atomic E-state index is 0.0498. The van der Waals surface area contributed by atoms with E-state index < -0.39 is 0 Å². The molecule has 2 N–H and O–H groups in total. The number of nitrogens with one attached hydrogen (secondary N) is 2. The maximum absolute atomic E-state index is 12.4. The van der Waals surface area contributed by atoms with Crippen LogP contribution in [0.1, 0.15) is 147 Å². The monoisotopic (exact) mass is 1230 g/mol. The molecule has 0 aromatic heterocycles. The Labute approximate surface area is 539 Å². The second-order valence-corrected chi connectivity index (χ2v) is 26.8. The van der Waals surface area contributed by atoms with Crippen molar-refractivity contribution in [3.05, 3.63) is 203 Å². The number of para-hydroxylation sites is 2. The molecule has 6 aliphatic rings. The van der Waals surface area contributed by atoms with Crippen molar-refractivity contribution in [2.75, 3.05) is 62.7 Å². The highest BCUT2D eigenvalue weighted by Gasteiger charge is 2.46. The number of carbonyl (C=O) groups is 6. The van der Waals surface area contributed by atoms with Gasteiger partial charge in [0.2, 0.25) is 23.2 Å². The van der Waals surface area contributed by atoms with Crippen molar-refractivity contribution in [1.82, 2.24) is 20.4 Å². The summed E-state index contributed by atoms with van der Waals surface area (Å²) in [5, 5.41) is 5.66. The Morgan fingerprint density at radius 3 is 1.60 bits per heavy atom. The number of likely N-dealkylation sites (N-methyl/N-ethyl adjacent to an activating group) is 1. The van der Waals surface area contributed by atoms with E-state index in [1.54, 1.807) is 0 Å². The highest BCUT2D eigenvalue weighted by atomic mass is 16.2. The molecule has 0 radical (unpaired) electrons. The number of anilines is 2. The number of benzene rings is 4. The fourth-order valence-corrected chi connectivity index (χ4v) is 14.0. The van der Waals surface area contributed by atoms with Crippen LogP contribution in [0.4, 0.5) is 22.7 Å². The Hall–Kier alpha value is -8.78. The fraction of sp³-hybridized carbons (Fsp3) is 0.403. The van der Waals surface area contributed by atoms with Crippen LogP contribution in [0.15, 0.2) is 169 Å². The molecule has 91 heavy (non-hydrogen) atoms. The minimum atomic E-state index is -0.326. The topological polar surface area (TPSA) is 145 Å². The van der Waals surface area contributed by atoms with Crippen LogP contribution in [0.25, 0.3) is 0 Å². The van der Waals surface area contributed by atoms with Gasteiger partial charge in [-0.2, -0.15) is 9.15 Å². The minimum Gasteiger partial charge on any atom is -0.354 e. The Morgan fingerprint density at radius 1 is 0.473 bits per heavy atom. The molecular formula is C77H94N8O6+2. The highest BCUT2D eigenvalue weighted by molar-refractivity contribution is 6.13. The molecule has 0 spiro atoms. The van der Waals surface area contributed by atoms with Gasteiger partial charge in [0.15, 0.2) is 11.4 Å². The van der Waals surface area contributed by atoms with Crippen LogP contribution in [0, 0.1) is 13.8 Å². The van der Waals surface area contributed by atoms with E-state index in [1.807, 2.05) is 0 Å². The zero-order valence-corrected chi connectivity index (χ0v) is 55.8. The van der Waals surface area contributed by atoms with Gasteiger partial charge >= 0.3 is 0 Å². The van der Waals surface area contributed by atoms with Crippen molar-refractivity contribution in [2.24, 2.45) is 0 Å². The third-order valence-electron chi connectivity index (χ3n) is 19.1. The highest BCUT2D eigenvalue weighted by Crippen LogP contribution is 2.50. The van der Waals surface area contributed by atoms with Crippen molar-refractivity contribution < 1.29 is 37.9 Å². The Balaban J connectivity index is 0.000000215. The molecule has 476 valence electrons. The molecule has 14 nitrogen and oxygen atoms in total. The number of amides is 6. The summed E-state index contributed by atoms with van der Waals surface area (Å²) in [6, 6.07) is 30.8. The van der Waals surface area contributed by atoms with Crippen LogP contribution in [-0.4, -0.2) is 119 Å². The quantitative estimate of drug-likeness (QED) is 0.0305. The SMILES string of the molecule is CCN1/C(=C/C=C/C2=[N+](CCCCCC(=O)NCCN3C(=O)C=CC3=O)c3ccccc3C2(C)C)C(C)(C)c2cc(C)ccc21.Cc1ccc2c(c1)C(C)(C)C(C=CC=CC=C1N(CCCCCC(=O)NCCN3C(=O)C=CC3=O)c3ccccc3C1(C)C)=[N+]2C. The molecule has 6 aliphatic heterocycles. The first kappa shape index (κ1) is 66.6. The lowest BCUT2D eigenvalue weighted by Gasteiger charge is -2.27. The molecular weight excluding hydrogens is 1130 g/mol. The summed E-state index contributed by atoms with van der Waals surface area (Å²) >= 11 is 0. The standard InChI is InChI=1S/C39H46N4O3.C38H46N4O3/c1-28-20-21-31-30(27-28)39(4,5)33(41(31)6)17-9-7-10-18-34-38(2,3)29-15-12-13-16-32(29)42(34)25-14-8-11-19-35(44)40-24-26-43-36(45)22-23-37(43)46;1-7-40-31-20-19-27(2)26-29(31)38(5,6)32(40)16-13-17-33-37(3,4)28-14-10-11-15-30(28)41(33)24-12-8-9-18-34(43)39-23-25-42-35(44)21-22-36(42)45/h7,9-10,12-13,15-18,20-23,27H,8,11,14,19,24-26H2,1-6H3;10-11,13-17,19-22,26H,7-9,12,18,23-25H2,1-6H3/p+2. The summed E-state index contributed by atoms with van der Waals surface area (Å²) in [6.07, 6.45) is 29.0. The van der Waals surface area contributed by atoms with Gasteiger partial charge in [0.1, 0.15) is 13.6 Å². The predicted molar refractivity (Wildman–Crippen MR) is 367 cm³/mol. The average molecular weight is 1230 g/mol. The molecule has 0 saturated heterocycles. The molecule has 0 fully saturated rings. The van der Waals surface area contributed by atoms with E-state index in [0.29, 0.717) is 12.8 Å². The van der Waals surface area contributed by atoms with Gasteiger partial charge in [-0.05, 0) is 116 Å². The van der Waals surface area contributed by atoms with Gasteiger partial charge in [-0.15, -0.1) is 0 Å². The zero-order valence-electron chi connectivity index (χ0n) is 55.8. The number of imide groups is 2. The van der Waals surface area contributed by atoms with E-state index in [1.165, 1.54) is 103 Å². The summed E-state index contributed by atoms with van der Waals surface area (Å²) in [5.41, 5.74) is 17.8. The molecule has 6 heterocycles. The number of nitrogens with zero attached hydrogens (tertiary/aromatic N) is 6. The third kappa shape index (κ3) is 14.2. The Morgan fingerprint density at radius 2 is 0.978 bits per heavy atom. The van der Waals surface area contributed by atoms with Gasteiger partial charge in [0.05, 0.1) is 10.8 Å². The van der Waals surface area contributed by atoms with Crippen LogP contribution >= 0.6 is 0 Å². The van der Waals surface area contributed by atoms with Crippen molar-refractivity contribution in [1.29, 1.82) is 0 Å². The molecule has 0 unspecified atom stereocenters. The summed E-state index contributed by atoms with van der Waals surface area (Å²) in [7, 11) is 2.15. The normalized spacial score (nSPS) is 18.9. The molecule has 0 saturated carbocycles. The van der Waals surface area contributed by atoms with E-state index in [0.717, 1.165) is 68.0 Å². The van der Waals surface area contributed by atoms with E-state index in [-0.39, 0.29) is 83.3 Å². The van der Waals surface area contributed by atoms with Crippen LogP contribution in [0.3, 0.4) is 0 Å². The average Bonchev–Trinajstić information content (AvgIpc) is 1.63. The first-order valence-corrected chi connectivity index (χ1v) is 32.7. The summed E-state index contributed by atoms with van der Waals surface area (Å²) in [4.78, 5) is 78.5. The van der Waals surface area contributed by atoms with Gasteiger partial charge in [-0.3, -0.25) is 38.6 Å². The summed E-state index contributed by atoms with van der Waals surface area (Å²) in [6.45, 7) is 28.6. The number of carbonyl (C=O) groups excluding carboxylic acids is 6. The number of rotatable bonds is 24. The van der Waals surface area contributed by atoms with E-state index in [9.17, 15) is 28.8 Å². The lowest BCUT2D eigenvalue weighted by molar-refractivity contribution is -0.438. The second-order valence-electron chi connectivity index (χ2n) is 26.8. The van der Waals surface area contributed by atoms with Gasteiger partial charge in [0, 0.05) is 152 Å². The summed E-state index contributed by atoms with van der Waals surface area (Å²) < 4.78 is 4.76. The largest absolute Gasteiger partial charge is 0.354 e. The Bertz CT molecular complexity index is 3770. The molecule has 0 atom stereocenters. The fourth-order valence-electron chi connectivity index (χ4n) is 14.0.